The molecule has 0 amide bonds. The third-order valence-electron chi connectivity index (χ3n) is 7.76. The molecule has 46 heavy (non-hydrogen) atoms. The topological polar surface area (TPSA) is 72.8 Å². The highest BCUT2D eigenvalue weighted by molar-refractivity contribution is 5.70. The molecule has 0 rings (SSSR count). The number of hydrogen-bond donors (Lipinski definition) is 1. The van der Waals surface area contributed by atoms with Gasteiger partial charge in [0.25, 0.3) is 0 Å². The van der Waals surface area contributed by atoms with Crippen LogP contribution in [0.25, 0.3) is 0 Å². The summed E-state index contributed by atoms with van der Waals surface area (Å²) in [5.74, 6) is -0.627. The third-order valence-corrected chi connectivity index (χ3v) is 7.76. The second-order valence-corrected chi connectivity index (χ2v) is 12.3. The molecular formula is C41H70O5. The fraction of sp³-hybridized carbons (Fsp3) is 0.707. The highest BCUT2D eigenvalue weighted by Gasteiger charge is 2.16. The Labute approximate surface area is 283 Å². The minimum absolute atomic E-state index is 0.0810. The SMILES string of the molecule is CCC/C=C\C/C=C\CCCCCCCC(=O)OCC(CO)OC(=O)CCCCCCCC/C=C\C/C=C\C/C=C\CCCCC. The zero-order chi connectivity index (χ0) is 33.6. The van der Waals surface area contributed by atoms with Gasteiger partial charge < -0.3 is 14.6 Å². The molecule has 0 aliphatic rings. The van der Waals surface area contributed by atoms with Gasteiger partial charge in [-0.2, -0.15) is 0 Å². The van der Waals surface area contributed by atoms with Gasteiger partial charge >= 0.3 is 11.9 Å². The van der Waals surface area contributed by atoms with Gasteiger partial charge in [-0.1, -0.05) is 139 Å². The van der Waals surface area contributed by atoms with Crippen LogP contribution >= 0.6 is 0 Å². The van der Waals surface area contributed by atoms with E-state index in [0.29, 0.717) is 12.8 Å². The van der Waals surface area contributed by atoms with Gasteiger partial charge in [-0.15, -0.1) is 0 Å². The first-order valence-electron chi connectivity index (χ1n) is 18.8. The Morgan fingerprint density at radius 1 is 0.500 bits per heavy atom. The van der Waals surface area contributed by atoms with Gasteiger partial charge in [0.05, 0.1) is 6.61 Å². The molecule has 0 spiro atoms. The van der Waals surface area contributed by atoms with Crippen molar-refractivity contribution in [1.29, 1.82) is 0 Å². The highest BCUT2D eigenvalue weighted by atomic mass is 16.6. The summed E-state index contributed by atoms with van der Waals surface area (Å²) in [7, 11) is 0. The maximum absolute atomic E-state index is 12.2. The summed E-state index contributed by atoms with van der Waals surface area (Å²) in [5.41, 5.74) is 0. The van der Waals surface area contributed by atoms with E-state index in [2.05, 4.69) is 74.6 Å². The maximum atomic E-state index is 12.2. The summed E-state index contributed by atoms with van der Waals surface area (Å²) < 4.78 is 10.6. The molecule has 0 aromatic carbocycles. The number of aliphatic hydroxyl groups excluding tert-OH is 1. The van der Waals surface area contributed by atoms with Gasteiger partial charge in [0, 0.05) is 12.8 Å². The number of rotatable bonds is 33. The molecule has 0 radical (unpaired) electrons. The Morgan fingerprint density at radius 3 is 1.39 bits per heavy atom. The molecule has 0 aliphatic heterocycles. The highest BCUT2D eigenvalue weighted by Crippen LogP contribution is 2.12. The molecule has 0 bridgehead atoms. The molecule has 1 N–H and O–H groups in total. The number of allylic oxidation sites excluding steroid dienone is 10. The van der Waals surface area contributed by atoms with Gasteiger partial charge in [-0.3, -0.25) is 9.59 Å². The summed E-state index contributed by atoms with van der Waals surface area (Å²) in [4.78, 5) is 24.2. The molecule has 264 valence electrons. The maximum Gasteiger partial charge on any atom is 0.306 e. The molecule has 5 heteroatoms. The zero-order valence-corrected chi connectivity index (χ0v) is 29.8. The fourth-order valence-electron chi connectivity index (χ4n) is 4.89. The van der Waals surface area contributed by atoms with Crippen LogP contribution in [-0.2, 0) is 19.1 Å². The number of unbranched alkanes of at least 4 members (excludes halogenated alkanes) is 15. The normalized spacial score (nSPS) is 12.8. The average molecular weight is 643 g/mol. The van der Waals surface area contributed by atoms with E-state index in [1.165, 1.54) is 64.2 Å². The molecule has 1 atom stereocenters. The van der Waals surface area contributed by atoms with Crippen LogP contribution in [0, 0.1) is 0 Å². The van der Waals surface area contributed by atoms with E-state index in [1.54, 1.807) is 0 Å². The Bertz CT molecular complexity index is 823. The predicted molar refractivity (Wildman–Crippen MR) is 196 cm³/mol. The van der Waals surface area contributed by atoms with E-state index in [0.717, 1.165) is 77.0 Å². The van der Waals surface area contributed by atoms with Crippen molar-refractivity contribution in [1.82, 2.24) is 0 Å². The second kappa shape index (κ2) is 37.1. The van der Waals surface area contributed by atoms with Crippen LogP contribution in [0.4, 0.5) is 0 Å². The van der Waals surface area contributed by atoms with E-state index in [4.69, 9.17) is 9.47 Å². The molecule has 0 aromatic rings. The summed E-state index contributed by atoms with van der Waals surface area (Å²) in [6.07, 6.45) is 47.0. The third kappa shape index (κ3) is 34.5. The van der Waals surface area contributed by atoms with E-state index in [-0.39, 0.29) is 25.2 Å². The van der Waals surface area contributed by atoms with Crippen molar-refractivity contribution in [2.45, 2.75) is 174 Å². The zero-order valence-electron chi connectivity index (χ0n) is 29.8. The lowest BCUT2D eigenvalue weighted by Crippen LogP contribution is -2.28. The smallest absolute Gasteiger partial charge is 0.306 e. The molecule has 1 unspecified atom stereocenters. The number of carbonyl (C=O) groups excluding carboxylic acids is 2. The quantitative estimate of drug-likeness (QED) is 0.0438. The van der Waals surface area contributed by atoms with Gasteiger partial charge in [0.15, 0.2) is 6.10 Å². The molecular weight excluding hydrogens is 572 g/mol. The molecule has 0 fully saturated rings. The molecule has 0 aliphatic carbocycles. The van der Waals surface area contributed by atoms with Crippen LogP contribution in [0.2, 0.25) is 0 Å². The van der Waals surface area contributed by atoms with E-state index in [1.807, 2.05) is 0 Å². The Hall–Kier alpha value is -2.40. The standard InChI is InChI=1S/C41H70O5/c1-3-5-7-9-11-13-15-17-18-19-20-21-22-24-26-28-30-32-34-36-41(44)46-39(37-42)38-45-40(43)35-33-31-29-27-25-23-16-14-12-10-8-6-4-2/h8,10-11,13-14,16-18,20-21,39,42H,3-7,9,12,15,19,22-38H2,1-2H3/b10-8-,13-11-,16-14-,18-17-,21-20-. The van der Waals surface area contributed by atoms with Crippen LogP contribution in [-0.4, -0.2) is 36.4 Å². The summed E-state index contributed by atoms with van der Waals surface area (Å²) in [5, 5.41) is 9.53. The fourth-order valence-corrected chi connectivity index (χ4v) is 4.89. The largest absolute Gasteiger partial charge is 0.462 e. The monoisotopic (exact) mass is 643 g/mol. The molecule has 0 heterocycles. The van der Waals surface area contributed by atoms with E-state index in [9.17, 15) is 14.7 Å². The second-order valence-electron chi connectivity index (χ2n) is 12.3. The first-order valence-corrected chi connectivity index (χ1v) is 18.8. The Balaban J connectivity index is 3.63. The summed E-state index contributed by atoms with van der Waals surface area (Å²) >= 11 is 0. The number of ether oxygens (including phenoxy) is 2. The van der Waals surface area contributed by atoms with Crippen LogP contribution < -0.4 is 0 Å². The summed E-state index contributed by atoms with van der Waals surface area (Å²) in [6.45, 7) is 4.01. The van der Waals surface area contributed by atoms with Crippen molar-refractivity contribution in [3.05, 3.63) is 60.8 Å². The molecule has 0 aromatic heterocycles. The summed E-state index contributed by atoms with van der Waals surface area (Å²) in [6, 6.07) is 0. The Kier molecular flexibility index (Phi) is 35.1. The lowest BCUT2D eigenvalue weighted by atomic mass is 10.1. The van der Waals surface area contributed by atoms with Crippen LogP contribution in [0.5, 0.6) is 0 Å². The number of aliphatic hydroxyl groups is 1. The van der Waals surface area contributed by atoms with Crippen LogP contribution in [0.1, 0.15) is 168 Å². The van der Waals surface area contributed by atoms with Gasteiger partial charge in [0.2, 0.25) is 0 Å². The van der Waals surface area contributed by atoms with Crippen LogP contribution in [0.3, 0.4) is 0 Å². The van der Waals surface area contributed by atoms with Crippen molar-refractivity contribution < 1.29 is 24.2 Å². The van der Waals surface area contributed by atoms with Crippen molar-refractivity contribution in [3.63, 3.8) is 0 Å². The molecule has 0 saturated heterocycles. The lowest BCUT2D eigenvalue weighted by molar-refractivity contribution is -0.161. The van der Waals surface area contributed by atoms with E-state index < -0.39 is 6.10 Å². The Morgan fingerprint density at radius 2 is 0.913 bits per heavy atom. The van der Waals surface area contributed by atoms with Crippen molar-refractivity contribution in [2.75, 3.05) is 13.2 Å². The lowest BCUT2D eigenvalue weighted by Gasteiger charge is -2.15. The van der Waals surface area contributed by atoms with Crippen molar-refractivity contribution in [3.8, 4) is 0 Å². The van der Waals surface area contributed by atoms with Crippen molar-refractivity contribution >= 4 is 11.9 Å². The van der Waals surface area contributed by atoms with Gasteiger partial charge in [-0.25, -0.2) is 0 Å². The first kappa shape index (κ1) is 43.6. The molecule has 5 nitrogen and oxygen atoms in total. The average Bonchev–Trinajstić information content (AvgIpc) is 3.06. The van der Waals surface area contributed by atoms with Crippen molar-refractivity contribution in [2.24, 2.45) is 0 Å². The van der Waals surface area contributed by atoms with Crippen LogP contribution in [0.15, 0.2) is 60.8 Å². The minimum atomic E-state index is -0.785. The first-order chi connectivity index (χ1) is 22.6. The molecule has 0 saturated carbocycles. The number of hydrogen-bond acceptors (Lipinski definition) is 5. The minimum Gasteiger partial charge on any atom is -0.462 e. The van der Waals surface area contributed by atoms with Gasteiger partial charge in [0.1, 0.15) is 6.61 Å². The number of esters is 2. The van der Waals surface area contributed by atoms with Gasteiger partial charge in [-0.05, 0) is 77.0 Å². The predicted octanol–water partition coefficient (Wildman–Crippen LogP) is 11.6. The number of carbonyl (C=O) groups is 2. The van der Waals surface area contributed by atoms with E-state index >= 15 is 0 Å².